The molecule has 1 aliphatic rings. The molecular weight excluding hydrogens is 186 g/mol. The summed E-state index contributed by atoms with van der Waals surface area (Å²) in [5.41, 5.74) is 0. The fourth-order valence-electron chi connectivity index (χ4n) is 1.86. The molecule has 0 amide bonds. The maximum atomic E-state index is 11.1. The highest BCUT2D eigenvalue weighted by Crippen LogP contribution is 2.29. The van der Waals surface area contributed by atoms with E-state index >= 15 is 0 Å². The van der Waals surface area contributed by atoms with Crippen molar-refractivity contribution in [3.63, 3.8) is 0 Å². The van der Waals surface area contributed by atoms with Crippen molar-refractivity contribution in [3.8, 4) is 0 Å². The summed E-state index contributed by atoms with van der Waals surface area (Å²) >= 11 is 0. The molecular formula is C9H19NO2S. The van der Waals surface area contributed by atoms with Gasteiger partial charge >= 0.3 is 0 Å². The van der Waals surface area contributed by atoms with Crippen LogP contribution in [0.15, 0.2) is 0 Å². The Morgan fingerprint density at radius 3 is 2.54 bits per heavy atom. The van der Waals surface area contributed by atoms with Crippen molar-refractivity contribution in [3.05, 3.63) is 0 Å². The Hall–Kier alpha value is -0.0900. The Balaban J connectivity index is 2.27. The molecule has 2 unspecified atom stereocenters. The lowest BCUT2D eigenvalue weighted by Gasteiger charge is -2.10. The van der Waals surface area contributed by atoms with Crippen LogP contribution in [0.3, 0.4) is 0 Å². The summed E-state index contributed by atoms with van der Waals surface area (Å²) in [6, 6.07) is 0. The highest BCUT2D eigenvalue weighted by Gasteiger charge is 2.22. The molecule has 0 radical (unpaired) electrons. The summed E-state index contributed by atoms with van der Waals surface area (Å²) in [4.78, 5) is 0. The molecule has 0 aromatic rings. The molecule has 3 nitrogen and oxygen atoms in total. The second-order valence-electron chi connectivity index (χ2n) is 4.04. The van der Waals surface area contributed by atoms with Gasteiger partial charge in [-0.3, -0.25) is 0 Å². The van der Waals surface area contributed by atoms with Gasteiger partial charge in [-0.25, -0.2) is 13.1 Å². The Bertz CT molecular complexity index is 248. The van der Waals surface area contributed by atoms with Gasteiger partial charge in [0, 0.05) is 6.54 Å². The summed E-state index contributed by atoms with van der Waals surface area (Å²) in [7, 11) is -2.97. The zero-order chi connectivity index (χ0) is 9.90. The van der Waals surface area contributed by atoms with E-state index < -0.39 is 10.0 Å². The van der Waals surface area contributed by atoms with Crippen molar-refractivity contribution in [1.82, 2.24) is 4.72 Å². The van der Waals surface area contributed by atoms with Crippen LogP contribution in [0.25, 0.3) is 0 Å². The normalized spacial score (nSPS) is 29.4. The predicted molar refractivity (Wildman–Crippen MR) is 54.0 cm³/mol. The standard InChI is InChI=1S/C9H19NO2S/c1-3-13(11,12)10-7-9-5-4-8(2)6-9/h8-10H,3-7H2,1-2H3. The maximum absolute atomic E-state index is 11.1. The average Bonchev–Trinajstić information content (AvgIpc) is 2.48. The summed E-state index contributed by atoms with van der Waals surface area (Å²) in [6.45, 7) is 4.54. The van der Waals surface area contributed by atoms with Crippen LogP contribution < -0.4 is 4.72 Å². The van der Waals surface area contributed by atoms with Crippen LogP contribution in [0.5, 0.6) is 0 Å². The lowest BCUT2D eigenvalue weighted by molar-refractivity contribution is 0.499. The minimum atomic E-state index is -2.97. The monoisotopic (exact) mass is 205 g/mol. The van der Waals surface area contributed by atoms with Gasteiger partial charge in [-0.2, -0.15) is 0 Å². The summed E-state index contributed by atoms with van der Waals surface area (Å²) < 4.78 is 24.9. The van der Waals surface area contributed by atoms with E-state index in [-0.39, 0.29) is 5.75 Å². The zero-order valence-corrected chi connectivity index (χ0v) is 9.23. The van der Waals surface area contributed by atoms with Gasteiger partial charge in [0.2, 0.25) is 10.0 Å². The highest BCUT2D eigenvalue weighted by atomic mass is 32.2. The fourth-order valence-corrected chi connectivity index (χ4v) is 2.55. The molecule has 78 valence electrons. The molecule has 4 heteroatoms. The van der Waals surface area contributed by atoms with Crippen LogP contribution in [0.2, 0.25) is 0 Å². The molecule has 0 bridgehead atoms. The molecule has 1 aliphatic carbocycles. The lowest BCUT2D eigenvalue weighted by Crippen LogP contribution is -2.29. The number of hydrogen-bond donors (Lipinski definition) is 1. The first kappa shape index (κ1) is 11.0. The minimum absolute atomic E-state index is 0.190. The Kier molecular flexibility index (Phi) is 3.74. The van der Waals surface area contributed by atoms with E-state index in [1.54, 1.807) is 6.92 Å². The molecule has 0 aromatic heterocycles. The van der Waals surface area contributed by atoms with Gasteiger partial charge in [0.1, 0.15) is 0 Å². The quantitative estimate of drug-likeness (QED) is 0.753. The summed E-state index contributed by atoms with van der Waals surface area (Å²) in [5, 5.41) is 0. The number of rotatable bonds is 4. The third-order valence-electron chi connectivity index (χ3n) is 2.78. The van der Waals surface area contributed by atoms with Gasteiger partial charge in [0.05, 0.1) is 5.75 Å². The van der Waals surface area contributed by atoms with E-state index in [9.17, 15) is 8.42 Å². The summed E-state index contributed by atoms with van der Waals surface area (Å²) in [5.74, 6) is 1.53. The van der Waals surface area contributed by atoms with Gasteiger partial charge in [0.25, 0.3) is 0 Å². The van der Waals surface area contributed by atoms with E-state index in [4.69, 9.17) is 0 Å². The Morgan fingerprint density at radius 2 is 2.08 bits per heavy atom. The first-order valence-corrected chi connectivity index (χ1v) is 6.66. The molecule has 0 spiro atoms. The van der Waals surface area contributed by atoms with E-state index in [2.05, 4.69) is 11.6 Å². The largest absolute Gasteiger partial charge is 0.215 e. The molecule has 0 aliphatic heterocycles. The van der Waals surface area contributed by atoms with Gasteiger partial charge < -0.3 is 0 Å². The second-order valence-corrected chi connectivity index (χ2v) is 6.13. The number of hydrogen-bond acceptors (Lipinski definition) is 2. The third kappa shape index (κ3) is 3.65. The molecule has 0 aromatic carbocycles. The van der Waals surface area contributed by atoms with Crippen molar-refractivity contribution in [2.24, 2.45) is 11.8 Å². The average molecular weight is 205 g/mol. The second kappa shape index (κ2) is 4.42. The van der Waals surface area contributed by atoms with E-state index in [0.29, 0.717) is 12.5 Å². The molecule has 1 N–H and O–H groups in total. The van der Waals surface area contributed by atoms with Crippen molar-refractivity contribution in [1.29, 1.82) is 0 Å². The van der Waals surface area contributed by atoms with Crippen molar-refractivity contribution in [2.45, 2.75) is 33.1 Å². The fraction of sp³-hybridized carbons (Fsp3) is 1.00. The van der Waals surface area contributed by atoms with Crippen LogP contribution >= 0.6 is 0 Å². The molecule has 0 heterocycles. The predicted octanol–water partition coefficient (Wildman–Crippen LogP) is 1.36. The highest BCUT2D eigenvalue weighted by molar-refractivity contribution is 7.89. The van der Waals surface area contributed by atoms with Crippen LogP contribution in [0.1, 0.15) is 33.1 Å². The zero-order valence-electron chi connectivity index (χ0n) is 8.41. The van der Waals surface area contributed by atoms with Gasteiger partial charge in [-0.05, 0) is 31.6 Å². The first-order chi connectivity index (χ1) is 6.03. The van der Waals surface area contributed by atoms with Crippen LogP contribution in [0.4, 0.5) is 0 Å². The van der Waals surface area contributed by atoms with Crippen LogP contribution in [-0.2, 0) is 10.0 Å². The van der Waals surface area contributed by atoms with Gasteiger partial charge in [-0.1, -0.05) is 13.3 Å². The first-order valence-electron chi connectivity index (χ1n) is 5.01. The number of nitrogens with one attached hydrogen (secondary N) is 1. The molecule has 1 saturated carbocycles. The smallest absolute Gasteiger partial charge is 0.211 e. The Morgan fingerprint density at radius 1 is 1.38 bits per heavy atom. The topological polar surface area (TPSA) is 46.2 Å². The van der Waals surface area contributed by atoms with Crippen molar-refractivity contribution < 1.29 is 8.42 Å². The molecule has 13 heavy (non-hydrogen) atoms. The summed E-state index contributed by atoms with van der Waals surface area (Å²) in [6.07, 6.45) is 3.60. The maximum Gasteiger partial charge on any atom is 0.211 e. The van der Waals surface area contributed by atoms with E-state index in [1.807, 2.05) is 0 Å². The Labute approximate surface area is 81.0 Å². The third-order valence-corrected chi connectivity index (χ3v) is 4.14. The minimum Gasteiger partial charge on any atom is -0.215 e. The van der Waals surface area contributed by atoms with Crippen molar-refractivity contribution in [2.75, 3.05) is 12.3 Å². The van der Waals surface area contributed by atoms with Crippen LogP contribution in [0, 0.1) is 11.8 Å². The van der Waals surface area contributed by atoms with Gasteiger partial charge in [0.15, 0.2) is 0 Å². The van der Waals surface area contributed by atoms with Gasteiger partial charge in [-0.15, -0.1) is 0 Å². The van der Waals surface area contributed by atoms with E-state index in [0.717, 1.165) is 5.92 Å². The molecule has 0 saturated heterocycles. The molecule has 1 fully saturated rings. The molecule has 2 atom stereocenters. The van der Waals surface area contributed by atoms with Crippen molar-refractivity contribution >= 4 is 10.0 Å². The SMILES string of the molecule is CCS(=O)(=O)NCC1CCC(C)C1. The van der Waals surface area contributed by atoms with Crippen LogP contribution in [-0.4, -0.2) is 20.7 Å². The lowest BCUT2D eigenvalue weighted by atomic mass is 10.1. The molecule has 1 rings (SSSR count). The number of sulfonamides is 1. The van der Waals surface area contributed by atoms with E-state index in [1.165, 1.54) is 19.3 Å².